The maximum Gasteiger partial charge on any atom is 0.264 e. The molecule has 30 heavy (non-hydrogen) atoms. The van der Waals surface area contributed by atoms with Gasteiger partial charge in [-0.15, -0.1) is 0 Å². The van der Waals surface area contributed by atoms with Gasteiger partial charge in [-0.05, 0) is 30.3 Å². The van der Waals surface area contributed by atoms with Gasteiger partial charge in [-0.2, -0.15) is 0 Å². The van der Waals surface area contributed by atoms with Gasteiger partial charge in [0.25, 0.3) is 5.91 Å². The highest BCUT2D eigenvalue weighted by Crippen LogP contribution is 2.44. The van der Waals surface area contributed by atoms with E-state index in [0.717, 1.165) is 4.47 Å². The van der Waals surface area contributed by atoms with Gasteiger partial charge in [0.1, 0.15) is 0 Å². The van der Waals surface area contributed by atoms with Crippen LogP contribution in [0.1, 0.15) is 27.9 Å². The third kappa shape index (κ3) is 3.67. The monoisotopic (exact) mass is 503 g/mol. The van der Waals surface area contributed by atoms with Gasteiger partial charge < -0.3 is 10.0 Å². The molecule has 1 unspecified atom stereocenters. The van der Waals surface area contributed by atoms with E-state index >= 15 is 0 Å². The normalized spacial score (nSPS) is 17.9. The molecule has 1 atom stereocenters. The number of fused-ring (bicyclic) bond motifs is 1. The number of hydrogen-bond donors (Lipinski definition) is 1. The van der Waals surface area contributed by atoms with Crippen LogP contribution in [0.15, 0.2) is 71.2 Å². The van der Waals surface area contributed by atoms with Crippen LogP contribution in [-0.4, -0.2) is 16.8 Å². The molecule has 1 heterocycles. The summed E-state index contributed by atoms with van der Waals surface area (Å²) in [4.78, 5) is 27.6. The van der Waals surface area contributed by atoms with Crippen LogP contribution in [-0.2, 0) is 16.9 Å². The molecule has 0 aliphatic carbocycles. The number of hydrogen-bond acceptors (Lipinski definition) is 3. The van der Waals surface area contributed by atoms with Crippen LogP contribution in [0.2, 0.25) is 10.0 Å². The number of carbonyl (C=O) groups excluding carboxylic acids is 2. The quantitative estimate of drug-likeness (QED) is 0.449. The predicted molar refractivity (Wildman–Crippen MR) is 121 cm³/mol. The third-order valence-electron chi connectivity index (χ3n) is 5.20. The molecule has 0 radical (unpaired) electrons. The SMILES string of the molecule is O=C(CC1(O)C(=O)N(Cc2c(Cl)cccc2Cl)c2ccccc21)c1ccc(Br)cc1. The first-order valence-electron chi connectivity index (χ1n) is 9.17. The molecular formula is C23H16BrCl2NO3. The van der Waals surface area contributed by atoms with Crippen LogP contribution in [0.3, 0.4) is 0 Å². The van der Waals surface area contributed by atoms with E-state index in [9.17, 15) is 14.7 Å². The minimum Gasteiger partial charge on any atom is -0.375 e. The van der Waals surface area contributed by atoms with Crippen molar-refractivity contribution in [3.8, 4) is 0 Å². The lowest BCUT2D eigenvalue weighted by molar-refractivity contribution is -0.136. The van der Waals surface area contributed by atoms with E-state index in [1.165, 1.54) is 4.90 Å². The number of nitrogens with zero attached hydrogens (tertiary/aromatic N) is 1. The largest absolute Gasteiger partial charge is 0.375 e. The lowest BCUT2D eigenvalue weighted by Gasteiger charge is -2.23. The standard InChI is InChI=1S/C23H16BrCl2NO3/c24-15-10-8-14(9-11-15)21(28)12-23(30)17-4-1-2-7-20(17)27(22(23)29)13-16-18(25)5-3-6-19(16)26/h1-11,30H,12-13H2. The Morgan fingerprint density at radius 3 is 2.27 bits per heavy atom. The molecule has 0 fully saturated rings. The number of carbonyl (C=O) groups is 2. The van der Waals surface area contributed by atoms with Gasteiger partial charge in [-0.1, -0.05) is 75.5 Å². The van der Waals surface area contributed by atoms with Gasteiger partial charge >= 0.3 is 0 Å². The van der Waals surface area contributed by atoms with Gasteiger partial charge in [0.2, 0.25) is 0 Å². The molecule has 3 aromatic rings. The first kappa shape index (κ1) is 21.1. The van der Waals surface area contributed by atoms with Crippen molar-refractivity contribution >= 4 is 56.5 Å². The molecule has 1 aliphatic rings. The van der Waals surface area contributed by atoms with E-state index < -0.39 is 11.5 Å². The van der Waals surface area contributed by atoms with Crippen LogP contribution in [0.25, 0.3) is 0 Å². The molecule has 1 aliphatic heterocycles. The Labute approximate surface area is 192 Å². The second-order valence-electron chi connectivity index (χ2n) is 7.08. The van der Waals surface area contributed by atoms with Crippen LogP contribution in [0, 0.1) is 0 Å². The number of halogens is 3. The van der Waals surface area contributed by atoms with Crippen LogP contribution >= 0.6 is 39.1 Å². The number of amides is 1. The van der Waals surface area contributed by atoms with Crippen molar-refractivity contribution in [2.45, 2.75) is 18.6 Å². The Hall–Kier alpha value is -2.18. The maximum absolute atomic E-state index is 13.4. The van der Waals surface area contributed by atoms with E-state index in [-0.39, 0.29) is 18.7 Å². The average molecular weight is 505 g/mol. The second-order valence-corrected chi connectivity index (χ2v) is 8.81. The fourth-order valence-corrected chi connectivity index (χ4v) is 4.43. The van der Waals surface area contributed by atoms with Gasteiger partial charge in [-0.25, -0.2) is 0 Å². The summed E-state index contributed by atoms with van der Waals surface area (Å²) >= 11 is 15.9. The number of para-hydroxylation sites is 1. The van der Waals surface area contributed by atoms with Gasteiger partial charge in [0, 0.05) is 31.2 Å². The summed E-state index contributed by atoms with van der Waals surface area (Å²) in [6.07, 6.45) is -0.364. The van der Waals surface area contributed by atoms with Gasteiger partial charge in [-0.3, -0.25) is 9.59 Å². The highest BCUT2D eigenvalue weighted by atomic mass is 79.9. The zero-order valence-electron chi connectivity index (χ0n) is 15.6. The fourth-order valence-electron chi connectivity index (χ4n) is 3.65. The maximum atomic E-state index is 13.4. The van der Waals surface area contributed by atoms with Crippen molar-refractivity contribution in [2.24, 2.45) is 0 Å². The number of Topliss-reactive ketones (excluding diaryl/α,β-unsaturated/α-hetero) is 1. The van der Waals surface area contributed by atoms with Crippen molar-refractivity contribution in [1.29, 1.82) is 0 Å². The van der Waals surface area contributed by atoms with Crippen LogP contribution in [0.4, 0.5) is 5.69 Å². The van der Waals surface area contributed by atoms with E-state index in [1.807, 2.05) is 0 Å². The number of benzene rings is 3. The van der Waals surface area contributed by atoms with E-state index in [4.69, 9.17) is 23.2 Å². The highest BCUT2D eigenvalue weighted by molar-refractivity contribution is 9.10. The molecule has 1 amide bonds. The molecule has 152 valence electrons. The Kier molecular flexibility index (Phi) is 5.73. The minimum absolute atomic E-state index is 0.0864. The molecule has 4 rings (SSSR count). The van der Waals surface area contributed by atoms with Crippen molar-refractivity contribution in [3.05, 3.63) is 97.9 Å². The predicted octanol–water partition coefficient (Wildman–Crippen LogP) is 5.76. The Bertz CT molecular complexity index is 1130. The molecule has 7 heteroatoms. The number of anilines is 1. The number of ketones is 1. The molecular weight excluding hydrogens is 489 g/mol. The van der Waals surface area contributed by atoms with Crippen LogP contribution in [0.5, 0.6) is 0 Å². The molecule has 0 saturated carbocycles. The van der Waals surface area contributed by atoms with Crippen molar-refractivity contribution in [1.82, 2.24) is 0 Å². The lowest BCUT2D eigenvalue weighted by atomic mass is 9.88. The summed E-state index contributed by atoms with van der Waals surface area (Å²) < 4.78 is 0.836. The van der Waals surface area contributed by atoms with Crippen LogP contribution < -0.4 is 4.90 Å². The Morgan fingerprint density at radius 1 is 0.967 bits per heavy atom. The first-order chi connectivity index (χ1) is 14.3. The Balaban J connectivity index is 1.70. The van der Waals surface area contributed by atoms with E-state index in [0.29, 0.717) is 32.4 Å². The van der Waals surface area contributed by atoms with Crippen molar-refractivity contribution in [2.75, 3.05) is 4.90 Å². The lowest BCUT2D eigenvalue weighted by Crippen LogP contribution is -2.41. The van der Waals surface area contributed by atoms with Gasteiger partial charge in [0.15, 0.2) is 11.4 Å². The van der Waals surface area contributed by atoms with Gasteiger partial charge in [0.05, 0.1) is 18.7 Å². The summed E-state index contributed by atoms with van der Waals surface area (Å²) in [6, 6.07) is 18.8. The van der Waals surface area contributed by atoms with Crippen molar-refractivity contribution in [3.63, 3.8) is 0 Å². The van der Waals surface area contributed by atoms with E-state index in [2.05, 4.69) is 15.9 Å². The summed E-state index contributed by atoms with van der Waals surface area (Å²) in [5.74, 6) is -0.907. The highest BCUT2D eigenvalue weighted by Gasteiger charge is 2.50. The smallest absolute Gasteiger partial charge is 0.264 e. The summed E-state index contributed by atoms with van der Waals surface area (Å²) in [5, 5.41) is 12.2. The second kappa shape index (κ2) is 8.16. The summed E-state index contributed by atoms with van der Waals surface area (Å²) in [5.41, 5.74) is -0.0423. The number of aliphatic hydroxyl groups is 1. The molecule has 4 nitrogen and oxygen atoms in total. The van der Waals surface area contributed by atoms with Crippen molar-refractivity contribution < 1.29 is 14.7 Å². The zero-order valence-corrected chi connectivity index (χ0v) is 18.7. The molecule has 0 saturated heterocycles. The van der Waals surface area contributed by atoms with E-state index in [1.54, 1.807) is 66.7 Å². The molecule has 1 N–H and O–H groups in total. The summed E-state index contributed by atoms with van der Waals surface area (Å²) in [6.45, 7) is 0.0864. The number of rotatable bonds is 5. The Morgan fingerprint density at radius 2 is 1.60 bits per heavy atom. The fraction of sp³-hybridized carbons (Fsp3) is 0.130. The minimum atomic E-state index is -1.96. The first-order valence-corrected chi connectivity index (χ1v) is 10.7. The average Bonchev–Trinajstić information content (AvgIpc) is 2.93. The third-order valence-corrected chi connectivity index (χ3v) is 6.44. The molecule has 0 bridgehead atoms. The summed E-state index contributed by atoms with van der Waals surface area (Å²) in [7, 11) is 0. The molecule has 3 aromatic carbocycles. The molecule has 0 aromatic heterocycles. The zero-order chi connectivity index (χ0) is 21.5. The topological polar surface area (TPSA) is 57.6 Å². The molecule has 0 spiro atoms.